The van der Waals surface area contributed by atoms with Gasteiger partial charge in [0.25, 0.3) is 0 Å². The number of nitrogens with one attached hydrogen (secondary N) is 1. The predicted octanol–water partition coefficient (Wildman–Crippen LogP) is 4.55. The Morgan fingerprint density at radius 3 is 3.08 bits per heavy atom. The van der Waals surface area contributed by atoms with Gasteiger partial charge in [-0.2, -0.15) is 0 Å². The molecule has 3 aromatic rings. The standard InChI is InChI=1S/C19H18ClN3OS2/c1-11-22-18(17-14-6-3-7-15(14)26-19(17)23-11)25-10-16(24)21-9-12-4-2-5-13(20)8-12/h2,4-5,8H,3,6-7,9-10H2,1H3,(H,21,24). The van der Waals surface area contributed by atoms with Crippen LogP contribution in [-0.4, -0.2) is 21.6 Å². The number of nitrogens with zero attached hydrogens (tertiary/aromatic N) is 2. The summed E-state index contributed by atoms with van der Waals surface area (Å²) in [6, 6.07) is 7.52. The fourth-order valence-corrected chi connectivity index (χ4v) is 5.72. The summed E-state index contributed by atoms with van der Waals surface area (Å²) in [5.74, 6) is 1.10. The molecule has 134 valence electrons. The van der Waals surface area contributed by atoms with Gasteiger partial charge in [0.2, 0.25) is 5.91 Å². The molecular weight excluding hydrogens is 386 g/mol. The van der Waals surface area contributed by atoms with E-state index in [-0.39, 0.29) is 5.91 Å². The molecule has 0 bridgehead atoms. The van der Waals surface area contributed by atoms with Crippen molar-refractivity contribution in [1.82, 2.24) is 15.3 Å². The smallest absolute Gasteiger partial charge is 0.230 e. The predicted molar refractivity (Wildman–Crippen MR) is 108 cm³/mol. The van der Waals surface area contributed by atoms with Crippen molar-refractivity contribution in [3.63, 3.8) is 0 Å². The number of thiophene rings is 1. The van der Waals surface area contributed by atoms with E-state index in [4.69, 9.17) is 11.6 Å². The van der Waals surface area contributed by atoms with Crippen LogP contribution in [0.15, 0.2) is 29.3 Å². The van der Waals surface area contributed by atoms with E-state index < -0.39 is 0 Å². The van der Waals surface area contributed by atoms with E-state index in [2.05, 4.69) is 15.3 Å². The molecule has 0 spiro atoms. The number of carbonyl (C=O) groups is 1. The number of fused-ring (bicyclic) bond motifs is 3. The van der Waals surface area contributed by atoms with E-state index in [0.717, 1.165) is 34.1 Å². The maximum absolute atomic E-state index is 12.3. The lowest BCUT2D eigenvalue weighted by Crippen LogP contribution is -2.24. The Kier molecular flexibility index (Phi) is 5.16. The third-order valence-electron chi connectivity index (χ3n) is 4.36. The Hall–Kier alpha value is -1.63. The number of aryl methyl sites for hydroxylation is 3. The van der Waals surface area contributed by atoms with Crippen molar-refractivity contribution < 1.29 is 4.79 Å². The second-order valence-corrected chi connectivity index (χ2v) is 8.79. The van der Waals surface area contributed by atoms with Crippen LogP contribution in [0.5, 0.6) is 0 Å². The number of carbonyl (C=O) groups excluding carboxylic acids is 1. The van der Waals surface area contributed by atoms with Gasteiger partial charge in [-0.1, -0.05) is 35.5 Å². The number of aromatic nitrogens is 2. The number of amides is 1. The van der Waals surface area contributed by atoms with Gasteiger partial charge in [-0.05, 0) is 49.4 Å². The Balaban J connectivity index is 1.45. The quantitative estimate of drug-likeness (QED) is 0.501. The monoisotopic (exact) mass is 403 g/mol. The van der Waals surface area contributed by atoms with E-state index in [1.54, 1.807) is 11.3 Å². The summed E-state index contributed by atoms with van der Waals surface area (Å²) in [5, 5.41) is 5.73. The molecule has 1 amide bonds. The van der Waals surface area contributed by atoms with Crippen molar-refractivity contribution >= 4 is 50.8 Å². The molecule has 2 aromatic heterocycles. The molecule has 0 radical (unpaired) electrons. The third-order valence-corrected chi connectivity index (χ3v) is 6.76. The fourth-order valence-electron chi connectivity index (χ4n) is 3.20. The maximum atomic E-state index is 12.3. The minimum absolute atomic E-state index is 0.00809. The Bertz CT molecular complexity index is 986. The first-order valence-electron chi connectivity index (χ1n) is 8.53. The van der Waals surface area contributed by atoms with Crippen LogP contribution in [0.2, 0.25) is 5.02 Å². The molecule has 1 aliphatic rings. The number of rotatable bonds is 5. The molecule has 26 heavy (non-hydrogen) atoms. The summed E-state index contributed by atoms with van der Waals surface area (Å²) in [5.41, 5.74) is 2.39. The highest BCUT2D eigenvalue weighted by atomic mass is 35.5. The summed E-state index contributed by atoms with van der Waals surface area (Å²) in [6.07, 6.45) is 3.44. The first kappa shape index (κ1) is 17.8. The van der Waals surface area contributed by atoms with Crippen LogP contribution in [0.25, 0.3) is 10.2 Å². The Labute approximate surface area is 165 Å². The molecule has 0 unspecified atom stereocenters. The average molecular weight is 404 g/mol. The van der Waals surface area contributed by atoms with Gasteiger partial charge in [-0.25, -0.2) is 9.97 Å². The highest BCUT2D eigenvalue weighted by Gasteiger charge is 2.22. The fraction of sp³-hybridized carbons (Fsp3) is 0.316. The summed E-state index contributed by atoms with van der Waals surface area (Å²) in [7, 11) is 0. The molecule has 1 aromatic carbocycles. The lowest BCUT2D eigenvalue weighted by Gasteiger charge is -2.07. The van der Waals surface area contributed by atoms with Gasteiger partial charge in [-0.15, -0.1) is 11.3 Å². The van der Waals surface area contributed by atoms with Crippen LogP contribution in [-0.2, 0) is 24.2 Å². The van der Waals surface area contributed by atoms with E-state index in [0.29, 0.717) is 17.3 Å². The molecule has 0 aliphatic heterocycles. The maximum Gasteiger partial charge on any atom is 0.230 e. The van der Waals surface area contributed by atoms with E-state index in [1.165, 1.54) is 34.0 Å². The molecule has 2 heterocycles. The normalized spacial score (nSPS) is 13.2. The van der Waals surface area contributed by atoms with Crippen molar-refractivity contribution in [3.05, 3.63) is 51.1 Å². The number of halogens is 1. The van der Waals surface area contributed by atoms with Crippen molar-refractivity contribution in [2.75, 3.05) is 5.75 Å². The van der Waals surface area contributed by atoms with Crippen molar-refractivity contribution in [1.29, 1.82) is 0 Å². The van der Waals surface area contributed by atoms with Gasteiger partial charge in [-0.3, -0.25) is 4.79 Å². The average Bonchev–Trinajstić information content (AvgIpc) is 3.18. The molecular formula is C19H18ClN3OS2. The highest BCUT2D eigenvalue weighted by molar-refractivity contribution is 8.00. The second-order valence-electron chi connectivity index (χ2n) is 6.31. The topological polar surface area (TPSA) is 54.9 Å². The molecule has 0 saturated carbocycles. The van der Waals surface area contributed by atoms with Crippen LogP contribution in [0, 0.1) is 6.92 Å². The van der Waals surface area contributed by atoms with Gasteiger partial charge < -0.3 is 5.32 Å². The summed E-state index contributed by atoms with van der Waals surface area (Å²) >= 11 is 9.26. The lowest BCUT2D eigenvalue weighted by molar-refractivity contribution is -0.118. The minimum atomic E-state index is -0.00809. The highest BCUT2D eigenvalue weighted by Crippen LogP contribution is 2.40. The van der Waals surface area contributed by atoms with Crippen LogP contribution in [0.1, 0.15) is 28.2 Å². The lowest BCUT2D eigenvalue weighted by atomic mass is 10.2. The summed E-state index contributed by atoms with van der Waals surface area (Å²) in [4.78, 5) is 24.0. The zero-order valence-corrected chi connectivity index (χ0v) is 16.7. The minimum Gasteiger partial charge on any atom is -0.351 e. The number of hydrogen-bond donors (Lipinski definition) is 1. The van der Waals surface area contributed by atoms with Crippen molar-refractivity contribution in [2.45, 2.75) is 37.8 Å². The summed E-state index contributed by atoms with van der Waals surface area (Å²) in [6.45, 7) is 2.39. The SMILES string of the molecule is Cc1nc(SCC(=O)NCc2cccc(Cl)c2)c2c3c(sc2n1)CCC3. The second kappa shape index (κ2) is 7.55. The molecule has 1 N–H and O–H groups in total. The molecule has 4 nitrogen and oxygen atoms in total. The zero-order chi connectivity index (χ0) is 18.1. The number of benzene rings is 1. The molecule has 0 fully saturated rings. The van der Waals surface area contributed by atoms with Crippen LogP contribution in [0.4, 0.5) is 0 Å². The number of hydrogen-bond acceptors (Lipinski definition) is 5. The molecule has 4 rings (SSSR count). The van der Waals surface area contributed by atoms with Crippen LogP contribution in [0.3, 0.4) is 0 Å². The van der Waals surface area contributed by atoms with Crippen LogP contribution < -0.4 is 5.32 Å². The van der Waals surface area contributed by atoms with Gasteiger partial charge in [0.1, 0.15) is 15.7 Å². The molecule has 0 saturated heterocycles. The van der Waals surface area contributed by atoms with Gasteiger partial charge in [0.05, 0.1) is 5.75 Å². The first-order valence-corrected chi connectivity index (χ1v) is 10.7. The van der Waals surface area contributed by atoms with Gasteiger partial charge in [0, 0.05) is 21.8 Å². The summed E-state index contributed by atoms with van der Waals surface area (Å²) < 4.78 is 0. The number of thioether (sulfide) groups is 1. The molecule has 1 aliphatic carbocycles. The zero-order valence-electron chi connectivity index (χ0n) is 14.3. The first-order chi connectivity index (χ1) is 12.6. The van der Waals surface area contributed by atoms with Gasteiger partial charge in [0.15, 0.2) is 0 Å². The van der Waals surface area contributed by atoms with Crippen molar-refractivity contribution in [2.24, 2.45) is 0 Å². The largest absolute Gasteiger partial charge is 0.351 e. The molecule has 7 heteroatoms. The third kappa shape index (κ3) is 3.72. The van der Waals surface area contributed by atoms with Crippen molar-refractivity contribution in [3.8, 4) is 0 Å². The Morgan fingerprint density at radius 1 is 1.35 bits per heavy atom. The Morgan fingerprint density at radius 2 is 2.23 bits per heavy atom. The van der Waals surface area contributed by atoms with E-state index in [1.807, 2.05) is 31.2 Å². The van der Waals surface area contributed by atoms with Crippen LogP contribution >= 0.6 is 34.7 Å². The molecule has 0 atom stereocenters. The van der Waals surface area contributed by atoms with E-state index in [9.17, 15) is 4.79 Å². The van der Waals surface area contributed by atoms with Gasteiger partial charge >= 0.3 is 0 Å². The van der Waals surface area contributed by atoms with E-state index >= 15 is 0 Å².